The molecule has 104 valence electrons. The number of aromatic carboxylic acids is 1. The fraction of sp³-hybridized carbons (Fsp3) is 0.200. The van der Waals surface area contributed by atoms with Crippen LogP contribution in [0, 0.1) is 0 Å². The first-order chi connectivity index (χ1) is 9.47. The Kier molecular flexibility index (Phi) is 3.89. The van der Waals surface area contributed by atoms with E-state index in [1.807, 2.05) is 13.8 Å². The van der Waals surface area contributed by atoms with Crippen molar-refractivity contribution in [3.05, 3.63) is 53.5 Å². The maximum atomic E-state index is 12.2. The van der Waals surface area contributed by atoms with Crippen LogP contribution in [-0.2, 0) is 0 Å². The quantitative estimate of drug-likeness (QED) is 0.848. The van der Waals surface area contributed by atoms with E-state index in [1.165, 1.54) is 12.1 Å². The molecule has 0 fully saturated rings. The summed E-state index contributed by atoms with van der Waals surface area (Å²) in [6, 6.07) is 9.28. The molecule has 0 atom stereocenters. The summed E-state index contributed by atoms with van der Waals surface area (Å²) in [7, 11) is 0. The van der Waals surface area contributed by atoms with Gasteiger partial charge >= 0.3 is 5.97 Å². The number of ketones is 1. The van der Waals surface area contributed by atoms with E-state index in [4.69, 9.17) is 14.3 Å². The van der Waals surface area contributed by atoms with E-state index < -0.39 is 5.97 Å². The van der Waals surface area contributed by atoms with E-state index in [1.54, 1.807) is 24.3 Å². The molecule has 0 aliphatic rings. The van der Waals surface area contributed by atoms with Crippen molar-refractivity contribution < 1.29 is 23.8 Å². The number of furan rings is 1. The van der Waals surface area contributed by atoms with Gasteiger partial charge in [-0.3, -0.25) is 4.79 Å². The molecule has 2 rings (SSSR count). The molecule has 5 nitrogen and oxygen atoms in total. The summed E-state index contributed by atoms with van der Waals surface area (Å²) in [6.45, 7) is 3.78. The molecule has 0 saturated carbocycles. The Morgan fingerprint density at radius 1 is 1.15 bits per heavy atom. The number of carbonyl (C=O) groups excluding carboxylic acids is 1. The van der Waals surface area contributed by atoms with Gasteiger partial charge in [-0.05, 0) is 38.1 Å². The van der Waals surface area contributed by atoms with Crippen LogP contribution in [0.5, 0.6) is 5.75 Å². The van der Waals surface area contributed by atoms with Crippen molar-refractivity contribution in [2.24, 2.45) is 0 Å². The minimum Gasteiger partial charge on any atom is -0.491 e. The van der Waals surface area contributed by atoms with E-state index in [2.05, 4.69) is 0 Å². The van der Waals surface area contributed by atoms with Crippen LogP contribution in [0.2, 0.25) is 0 Å². The predicted molar refractivity (Wildman–Crippen MR) is 71.3 cm³/mol. The first-order valence-electron chi connectivity index (χ1n) is 6.12. The van der Waals surface area contributed by atoms with E-state index in [9.17, 15) is 9.59 Å². The normalized spacial score (nSPS) is 10.6. The number of rotatable bonds is 5. The summed E-state index contributed by atoms with van der Waals surface area (Å²) in [5.74, 6) is -1.28. The van der Waals surface area contributed by atoms with Gasteiger partial charge in [0.2, 0.25) is 11.5 Å². The zero-order chi connectivity index (χ0) is 14.7. The van der Waals surface area contributed by atoms with Crippen molar-refractivity contribution in [2.75, 3.05) is 0 Å². The Balaban J connectivity index is 2.25. The van der Waals surface area contributed by atoms with Crippen molar-refractivity contribution in [3.8, 4) is 5.75 Å². The van der Waals surface area contributed by atoms with Gasteiger partial charge in [0, 0.05) is 5.56 Å². The maximum absolute atomic E-state index is 12.2. The fourth-order valence-electron chi connectivity index (χ4n) is 1.70. The second-order valence-corrected chi connectivity index (χ2v) is 4.49. The molecule has 0 aliphatic carbocycles. The Morgan fingerprint density at radius 2 is 1.85 bits per heavy atom. The van der Waals surface area contributed by atoms with Crippen LogP contribution < -0.4 is 4.74 Å². The third-order valence-electron chi connectivity index (χ3n) is 2.51. The number of hydrogen-bond donors (Lipinski definition) is 1. The molecule has 5 heteroatoms. The second kappa shape index (κ2) is 5.61. The van der Waals surface area contributed by atoms with Gasteiger partial charge in [-0.2, -0.15) is 0 Å². The van der Waals surface area contributed by atoms with Gasteiger partial charge in [0.05, 0.1) is 6.10 Å². The zero-order valence-corrected chi connectivity index (χ0v) is 11.1. The molecule has 0 unspecified atom stereocenters. The summed E-state index contributed by atoms with van der Waals surface area (Å²) in [5.41, 5.74) is 0.384. The number of hydrogen-bond acceptors (Lipinski definition) is 4. The molecule has 0 radical (unpaired) electrons. The standard InChI is InChI=1S/C15H14O5/c1-9(2)19-11-5-3-4-10(8-11)14(16)12-6-7-13(20-12)15(17)18/h3-9H,1-2H3,(H,17,18). The molecular formula is C15H14O5. The molecular weight excluding hydrogens is 260 g/mol. The Morgan fingerprint density at radius 3 is 2.45 bits per heavy atom. The van der Waals surface area contributed by atoms with Gasteiger partial charge in [-0.25, -0.2) is 4.79 Å². The molecule has 20 heavy (non-hydrogen) atoms. The molecule has 0 amide bonds. The average Bonchev–Trinajstić information content (AvgIpc) is 2.87. The number of benzene rings is 1. The van der Waals surface area contributed by atoms with Crippen LogP contribution in [0.1, 0.15) is 40.5 Å². The highest BCUT2D eigenvalue weighted by Crippen LogP contribution is 2.19. The van der Waals surface area contributed by atoms with Gasteiger partial charge in [0.1, 0.15) is 5.75 Å². The van der Waals surface area contributed by atoms with Crippen LogP contribution in [-0.4, -0.2) is 23.0 Å². The van der Waals surface area contributed by atoms with Crippen molar-refractivity contribution in [1.29, 1.82) is 0 Å². The molecule has 1 heterocycles. The largest absolute Gasteiger partial charge is 0.491 e. The lowest BCUT2D eigenvalue weighted by atomic mass is 10.1. The molecule has 1 N–H and O–H groups in total. The predicted octanol–water partition coefficient (Wildman–Crippen LogP) is 3.00. The van der Waals surface area contributed by atoms with E-state index >= 15 is 0 Å². The van der Waals surface area contributed by atoms with Crippen molar-refractivity contribution in [3.63, 3.8) is 0 Å². The Hall–Kier alpha value is -2.56. The van der Waals surface area contributed by atoms with Gasteiger partial charge in [-0.1, -0.05) is 12.1 Å². The summed E-state index contributed by atoms with van der Waals surface area (Å²) in [5, 5.41) is 8.77. The number of carboxylic acids is 1. The summed E-state index contributed by atoms with van der Waals surface area (Å²) >= 11 is 0. The van der Waals surface area contributed by atoms with Crippen LogP contribution in [0.25, 0.3) is 0 Å². The van der Waals surface area contributed by atoms with E-state index in [0.29, 0.717) is 11.3 Å². The van der Waals surface area contributed by atoms with Gasteiger partial charge in [-0.15, -0.1) is 0 Å². The molecule has 0 spiro atoms. The molecule has 0 saturated heterocycles. The van der Waals surface area contributed by atoms with Crippen molar-refractivity contribution in [1.82, 2.24) is 0 Å². The molecule has 0 aliphatic heterocycles. The van der Waals surface area contributed by atoms with Gasteiger partial charge < -0.3 is 14.3 Å². The van der Waals surface area contributed by atoms with Crippen molar-refractivity contribution in [2.45, 2.75) is 20.0 Å². The smallest absolute Gasteiger partial charge is 0.371 e. The highest BCUT2D eigenvalue weighted by molar-refractivity contribution is 6.07. The van der Waals surface area contributed by atoms with Crippen LogP contribution in [0.3, 0.4) is 0 Å². The van der Waals surface area contributed by atoms with Crippen LogP contribution in [0.4, 0.5) is 0 Å². The third kappa shape index (κ3) is 3.06. The molecule has 2 aromatic rings. The zero-order valence-electron chi connectivity index (χ0n) is 11.1. The SMILES string of the molecule is CC(C)Oc1cccc(C(=O)c2ccc(C(=O)O)o2)c1. The number of ether oxygens (including phenoxy) is 1. The number of carboxylic acid groups (broad SMARTS) is 1. The highest BCUT2D eigenvalue weighted by Gasteiger charge is 2.17. The lowest BCUT2D eigenvalue weighted by Crippen LogP contribution is -2.07. The number of carbonyl (C=O) groups is 2. The Bertz CT molecular complexity index is 639. The van der Waals surface area contributed by atoms with Gasteiger partial charge in [0.25, 0.3) is 0 Å². The second-order valence-electron chi connectivity index (χ2n) is 4.49. The van der Waals surface area contributed by atoms with Crippen LogP contribution >= 0.6 is 0 Å². The third-order valence-corrected chi connectivity index (χ3v) is 2.51. The molecule has 1 aromatic heterocycles. The maximum Gasteiger partial charge on any atom is 0.371 e. The Labute approximate surface area is 115 Å². The first-order valence-corrected chi connectivity index (χ1v) is 6.12. The summed E-state index contributed by atoms with van der Waals surface area (Å²) < 4.78 is 10.5. The molecule has 1 aromatic carbocycles. The summed E-state index contributed by atoms with van der Waals surface area (Å²) in [4.78, 5) is 22.9. The summed E-state index contributed by atoms with van der Waals surface area (Å²) in [6.07, 6.45) is 0.00239. The first kappa shape index (κ1) is 13.9. The lowest BCUT2D eigenvalue weighted by Gasteiger charge is -2.10. The highest BCUT2D eigenvalue weighted by atomic mass is 16.5. The monoisotopic (exact) mass is 274 g/mol. The van der Waals surface area contributed by atoms with Gasteiger partial charge in [0.15, 0.2) is 5.76 Å². The lowest BCUT2D eigenvalue weighted by molar-refractivity contribution is 0.0660. The minimum atomic E-state index is -1.21. The van der Waals surface area contributed by atoms with Crippen LogP contribution in [0.15, 0.2) is 40.8 Å². The molecule has 0 bridgehead atoms. The average molecular weight is 274 g/mol. The topological polar surface area (TPSA) is 76.7 Å². The van der Waals surface area contributed by atoms with E-state index in [0.717, 1.165) is 0 Å². The fourth-order valence-corrected chi connectivity index (χ4v) is 1.70. The minimum absolute atomic E-state index is 0.00239. The van der Waals surface area contributed by atoms with Crippen molar-refractivity contribution >= 4 is 11.8 Å². The van der Waals surface area contributed by atoms with E-state index in [-0.39, 0.29) is 23.4 Å².